The smallest absolute Gasteiger partial charge is 0.294 e. The summed E-state index contributed by atoms with van der Waals surface area (Å²) < 4.78 is 5.43. The van der Waals surface area contributed by atoms with Crippen molar-refractivity contribution in [3.63, 3.8) is 0 Å². The van der Waals surface area contributed by atoms with Gasteiger partial charge in [0.05, 0.1) is 13.2 Å². The van der Waals surface area contributed by atoms with E-state index in [0.717, 1.165) is 6.42 Å². The molecule has 1 aromatic heterocycles. The fraction of sp³-hybridized carbons (Fsp3) is 0.818. The highest BCUT2D eigenvalue weighted by Crippen LogP contribution is 2.17. The Hall–Kier alpha value is -0.680. The Morgan fingerprint density at radius 1 is 1.12 bits per heavy atom. The van der Waals surface area contributed by atoms with Crippen LogP contribution >= 0.6 is 11.3 Å². The number of ether oxygens (including phenoxy) is 1. The first kappa shape index (κ1) is 13.4. The molecule has 1 rings (SSSR count). The van der Waals surface area contributed by atoms with Gasteiger partial charge in [0.25, 0.3) is 5.19 Å². The minimum absolute atomic E-state index is 0.0575. The van der Waals surface area contributed by atoms with Crippen molar-refractivity contribution in [3.8, 4) is 5.19 Å². The minimum atomic E-state index is -0.0575. The molecule has 0 aromatic carbocycles. The third-order valence-electron chi connectivity index (χ3n) is 2.31. The highest BCUT2D eigenvalue weighted by molar-refractivity contribution is 7.13. The Labute approximate surface area is 101 Å². The van der Waals surface area contributed by atoms with Crippen molar-refractivity contribution in [2.24, 2.45) is 0 Å². The summed E-state index contributed by atoms with van der Waals surface area (Å²) in [7, 11) is 0. The summed E-state index contributed by atoms with van der Waals surface area (Å²) in [6, 6.07) is 0. The van der Waals surface area contributed by atoms with E-state index in [1.807, 2.05) is 0 Å². The van der Waals surface area contributed by atoms with Gasteiger partial charge in [-0.25, -0.2) is 0 Å². The quantitative estimate of drug-likeness (QED) is 0.679. The predicted octanol–water partition coefficient (Wildman–Crippen LogP) is 2.77. The van der Waals surface area contributed by atoms with Crippen molar-refractivity contribution in [1.82, 2.24) is 10.2 Å². The Morgan fingerprint density at radius 3 is 2.56 bits per heavy atom. The van der Waals surface area contributed by atoms with Crippen LogP contribution in [0.3, 0.4) is 0 Å². The van der Waals surface area contributed by atoms with E-state index < -0.39 is 0 Å². The van der Waals surface area contributed by atoms with Gasteiger partial charge in [-0.05, 0) is 6.42 Å². The lowest BCUT2D eigenvalue weighted by molar-refractivity contribution is 0.279. The van der Waals surface area contributed by atoms with E-state index in [9.17, 15) is 0 Å². The first-order valence-electron chi connectivity index (χ1n) is 5.93. The molecule has 0 amide bonds. The zero-order valence-corrected chi connectivity index (χ0v) is 10.6. The molecule has 4 nitrogen and oxygen atoms in total. The summed E-state index contributed by atoms with van der Waals surface area (Å²) in [5.41, 5.74) is 0. The molecule has 1 aromatic rings. The van der Waals surface area contributed by atoms with Gasteiger partial charge < -0.3 is 9.84 Å². The standard InChI is InChI=1S/C11H20N2O2S/c1-2-3-4-5-6-7-8-15-11-13-12-10(9-14)16-11/h14H,2-9H2,1H3. The van der Waals surface area contributed by atoms with Crippen LogP contribution in [0.1, 0.15) is 50.5 Å². The molecule has 0 bridgehead atoms. The fourth-order valence-electron chi connectivity index (χ4n) is 1.40. The zero-order valence-electron chi connectivity index (χ0n) is 9.81. The summed E-state index contributed by atoms with van der Waals surface area (Å²) in [4.78, 5) is 0. The first-order valence-corrected chi connectivity index (χ1v) is 6.74. The van der Waals surface area contributed by atoms with Crippen LogP contribution in [-0.2, 0) is 6.61 Å². The third kappa shape index (κ3) is 5.42. The van der Waals surface area contributed by atoms with E-state index in [-0.39, 0.29) is 6.61 Å². The molecule has 0 unspecified atom stereocenters. The van der Waals surface area contributed by atoms with Gasteiger partial charge >= 0.3 is 0 Å². The number of aliphatic hydroxyl groups is 1. The summed E-state index contributed by atoms with van der Waals surface area (Å²) in [6.07, 6.45) is 7.50. The summed E-state index contributed by atoms with van der Waals surface area (Å²) in [5, 5.41) is 17.6. The van der Waals surface area contributed by atoms with Crippen molar-refractivity contribution in [3.05, 3.63) is 5.01 Å². The van der Waals surface area contributed by atoms with Gasteiger partial charge in [-0.1, -0.05) is 55.5 Å². The molecular weight excluding hydrogens is 224 g/mol. The van der Waals surface area contributed by atoms with Gasteiger partial charge in [-0.3, -0.25) is 0 Å². The molecular formula is C11H20N2O2S. The molecule has 0 fully saturated rings. The lowest BCUT2D eigenvalue weighted by Gasteiger charge is -2.01. The van der Waals surface area contributed by atoms with E-state index in [0.29, 0.717) is 16.8 Å². The predicted molar refractivity (Wildman–Crippen MR) is 64.7 cm³/mol. The summed E-state index contributed by atoms with van der Waals surface area (Å²) in [6.45, 7) is 2.86. The van der Waals surface area contributed by atoms with E-state index in [1.54, 1.807) is 0 Å². The number of nitrogens with zero attached hydrogens (tertiary/aromatic N) is 2. The number of unbranched alkanes of at least 4 members (excludes halogenated alkanes) is 5. The van der Waals surface area contributed by atoms with Crippen LogP contribution in [0.25, 0.3) is 0 Å². The van der Waals surface area contributed by atoms with Crippen molar-refractivity contribution in [1.29, 1.82) is 0 Å². The van der Waals surface area contributed by atoms with E-state index in [1.165, 1.54) is 43.4 Å². The maximum absolute atomic E-state index is 8.80. The Balaban J connectivity index is 1.98. The number of hydrogen-bond donors (Lipinski definition) is 1. The molecule has 92 valence electrons. The molecule has 0 spiro atoms. The first-order chi connectivity index (χ1) is 7.86. The van der Waals surface area contributed by atoms with Crippen LogP contribution in [0.5, 0.6) is 5.19 Å². The monoisotopic (exact) mass is 244 g/mol. The van der Waals surface area contributed by atoms with E-state index in [4.69, 9.17) is 9.84 Å². The van der Waals surface area contributed by atoms with Gasteiger partial charge in [0.15, 0.2) is 0 Å². The molecule has 0 radical (unpaired) electrons. The Morgan fingerprint density at radius 2 is 1.88 bits per heavy atom. The molecule has 0 saturated carbocycles. The molecule has 0 saturated heterocycles. The largest absolute Gasteiger partial charge is 0.469 e. The van der Waals surface area contributed by atoms with Crippen LogP contribution in [0.15, 0.2) is 0 Å². The van der Waals surface area contributed by atoms with E-state index in [2.05, 4.69) is 17.1 Å². The van der Waals surface area contributed by atoms with Crippen molar-refractivity contribution in [2.75, 3.05) is 6.61 Å². The second kappa shape index (κ2) is 8.47. The highest BCUT2D eigenvalue weighted by Gasteiger charge is 2.02. The van der Waals surface area contributed by atoms with E-state index >= 15 is 0 Å². The molecule has 0 aliphatic heterocycles. The molecule has 16 heavy (non-hydrogen) atoms. The van der Waals surface area contributed by atoms with Gasteiger partial charge in [-0.15, -0.1) is 5.10 Å². The Kier molecular flexibility index (Phi) is 7.09. The molecule has 0 atom stereocenters. The molecule has 0 aliphatic carbocycles. The van der Waals surface area contributed by atoms with Crippen molar-refractivity contribution < 1.29 is 9.84 Å². The van der Waals surface area contributed by atoms with Gasteiger partial charge in [-0.2, -0.15) is 0 Å². The highest BCUT2D eigenvalue weighted by atomic mass is 32.1. The zero-order chi connectivity index (χ0) is 11.6. The van der Waals surface area contributed by atoms with Crippen molar-refractivity contribution in [2.45, 2.75) is 52.1 Å². The topological polar surface area (TPSA) is 55.2 Å². The summed E-state index contributed by atoms with van der Waals surface area (Å²) in [5.74, 6) is 0. The average molecular weight is 244 g/mol. The van der Waals surface area contributed by atoms with Crippen LogP contribution in [0, 0.1) is 0 Å². The number of aliphatic hydroxyl groups excluding tert-OH is 1. The Bertz CT molecular complexity index is 279. The van der Waals surface area contributed by atoms with Crippen LogP contribution in [0.4, 0.5) is 0 Å². The van der Waals surface area contributed by atoms with Gasteiger partial charge in [0.1, 0.15) is 5.01 Å². The minimum Gasteiger partial charge on any atom is -0.469 e. The maximum Gasteiger partial charge on any atom is 0.294 e. The van der Waals surface area contributed by atoms with Gasteiger partial charge in [0.2, 0.25) is 0 Å². The molecule has 5 heteroatoms. The average Bonchev–Trinajstić information content (AvgIpc) is 2.76. The number of aromatic nitrogens is 2. The van der Waals surface area contributed by atoms with Gasteiger partial charge in [0, 0.05) is 0 Å². The second-order valence-electron chi connectivity index (χ2n) is 3.74. The van der Waals surface area contributed by atoms with Crippen LogP contribution < -0.4 is 4.74 Å². The second-order valence-corrected chi connectivity index (χ2v) is 4.76. The third-order valence-corrected chi connectivity index (χ3v) is 3.13. The fourth-order valence-corrected chi connectivity index (χ4v) is 1.97. The maximum atomic E-state index is 8.80. The number of hydrogen-bond acceptors (Lipinski definition) is 5. The normalized spacial score (nSPS) is 10.6. The van der Waals surface area contributed by atoms with Crippen molar-refractivity contribution >= 4 is 11.3 Å². The van der Waals surface area contributed by atoms with Crippen LogP contribution in [0.2, 0.25) is 0 Å². The van der Waals surface area contributed by atoms with Crippen LogP contribution in [-0.4, -0.2) is 21.9 Å². The SMILES string of the molecule is CCCCCCCCOc1nnc(CO)s1. The molecule has 0 aliphatic rings. The number of rotatable bonds is 9. The molecule has 1 heterocycles. The lowest BCUT2D eigenvalue weighted by Crippen LogP contribution is -1.96. The summed E-state index contributed by atoms with van der Waals surface area (Å²) >= 11 is 1.31. The molecule has 1 N–H and O–H groups in total. The lowest BCUT2D eigenvalue weighted by atomic mass is 10.1.